The molecule has 0 bridgehead atoms. The van der Waals surface area contributed by atoms with Crippen molar-refractivity contribution in [2.45, 2.75) is 44.9 Å². The number of urea groups is 1. The van der Waals surface area contributed by atoms with Gasteiger partial charge in [0.1, 0.15) is 17.4 Å². The molecule has 188 valence electrons. The van der Waals surface area contributed by atoms with Crippen LogP contribution < -0.4 is 14.8 Å². The van der Waals surface area contributed by atoms with Gasteiger partial charge in [0.25, 0.3) is 0 Å². The highest BCUT2D eigenvalue weighted by Crippen LogP contribution is 2.42. The van der Waals surface area contributed by atoms with Crippen LogP contribution in [-0.2, 0) is 20.7 Å². The summed E-state index contributed by atoms with van der Waals surface area (Å²) in [6.45, 7) is 3.50. The fourth-order valence-electron chi connectivity index (χ4n) is 4.30. The summed E-state index contributed by atoms with van der Waals surface area (Å²) in [5, 5.41) is 3.09. The number of hydrogen-bond acceptors (Lipinski definition) is 7. The number of rotatable bonds is 7. The van der Waals surface area contributed by atoms with Gasteiger partial charge in [0.2, 0.25) is 0 Å². The maximum Gasteiger partial charge on any atom is 0.586 e. The molecule has 1 aromatic carbocycles. The third kappa shape index (κ3) is 5.10. The van der Waals surface area contributed by atoms with E-state index in [9.17, 15) is 18.4 Å². The van der Waals surface area contributed by atoms with Gasteiger partial charge in [-0.25, -0.2) is 14.6 Å². The number of pyridine rings is 1. The van der Waals surface area contributed by atoms with Crippen LogP contribution in [0.3, 0.4) is 0 Å². The van der Waals surface area contributed by atoms with E-state index in [0.29, 0.717) is 17.1 Å². The molecule has 4 atom stereocenters. The molecule has 3 unspecified atom stereocenters. The highest BCUT2D eigenvalue weighted by atomic mass is 35.5. The first-order valence-corrected chi connectivity index (χ1v) is 11.3. The SMILES string of the molecule is CCOC(=O)C1[C@@H](Cc2ccnc(Cl)c2)C(OC)N1C(=O)NC(C)c1ccc2c(c1)OC(F)(F)O2. The summed E-state index contributed by atoms with van der Waals surface area (Å²) in [6.07, 6.45) is -2.48. The molecule has 4 rings (SSSR count). The third-order valence-corrected chi connectivity index (χ3v) is 6.08. The van der Waals surface area contributed by atoms with Crippen molar-refractivity contribution < 1.29 is 37.3 Å². The summed E-state index contributed by atoms with van der Waals surface area (Å²) in [4.78, 5) is 31.2. The van der Waals surface area contributed by atoms with Crippen LogP contribution in [0.2, 0.25) is 5.15 Å². The normalized spacial score (nSPS) is 22.8. The molecule has 0 aliphatic carbocycles. The number of likely N-dealkylation sites (tertiary alicyclic amines) is 1. The standard InChI is InChI=1S/C23H24ClF2N3O6/c1-4-33-21(30)19-15(9-13-7-8-27-18(24)10-13)20(32-3)29(19)22(31)28-12(2)14-5-6-16-17(11-14)35-23(25,26)34-16/h5-8,10-12,15,19-20H,4,9H2,1-3H3,(H,28,31)/t12?,15-,19?,20?/m1/s1. The van der Waals surface area contributed by atoms with E-state index in [0.717, 1.165) is 5.56 Å². The van der Waals surface area contributed by atoms with E-state index in [1.54, 1.807) is 32.2 Å². The van der Waals surface area contributed by atoms with Crippen LogP contribution in [0.25, 0.3) is 0 Å². The first-order valence-electron chi connectivity index (χ1n) is 10.9. The summed E-state index contributed by atoms with van der Waals surface area (Å²) in [5.41, 5.74) is 1.33. The summed E-state index contributed by atoms with van der Waals surface area (Å²) in [7, 11) is 1.44. The van der Waals surface area contributed by atoms with Gasteiger partial charge in [-0.1, -0.05) is 17.7 Å². The first kappa shape index (κ1) is 24.9. The van der Waals surface area contributed by atoms with Gasteiger partial charge in [-0.2, -0.15) is 0 Å². The Hall–Kier alpha value is -3.18. The monoisotopic (exact) mass is 511 g/mol. The number of alkyl halides is 2. The van der Waals surface area contributed by atoms with Crippen molar-refractivity contribution in [1.82, 2.24) is 15.2 Å². The highest BCUT2D eigenvalue weighted by molar-refractivity contribution is 6.29. The van der Waals surface area contributed by atoms with Gasteiger partial charge in [-0.15, -0.1) is 8.78 Å². The van der Waals surface area contributed by atoms with Gasteiger partial charge in [-0.3, -0.25) is 4.90 Å². The van der Waals surface area contributed by atoms with Crippen molar-refractivity contribution in [3.63, 3.8) is 0 Å². The number of nitrogens with zero attached hydrogens (tertiary/aromatic N) is 2. The van der Waals surface area contributed by atoms with E-state index in [4.69, 9.17) is 21.1 Å². The number of benzene rings is 1. The minimum atomic E-state index is -3.74. The van der Waals surface area contributed by atoms with Gasteiger partial charge >= 0.3 is 18.3 Å². The predicted octanol–water partition coefficient (Wildman–Crippen LogP) is 3.91. The van der Waals surface area contributed by atoms with Crippen molar-refractivity contribution in [2.24, 2.45) is 5.92 Å². The molecule has 1 N–H and O–H groups in total. The number of carbonyl (C=O) groups excluding carboxylic acids is 2. The molecule has 0 saturated carbocycles. The quantitative estimate of drug-likeness (QED) is 0.444. The summed E-state index contributed by atoms with van der Waals surface area (Å²) in [5.74, 6) is -1.17. The summed E-state index contributed by atoms with van der Waals surface area (Å²) < 4.78 is 46.3. The number of esters is 1. The number of amides is 2. The Bertz CT molecular complexity index is 1120. The Kier molecular flexibility index (Phi) is 7.00. The third-order valence-electron chi connectivity index (χ3n) is 5.88. The van der Waals surface area contributed by atoms with Crippen molar-refractivity contribution in [1.29, 1.82) is 0 Å². The number of nitrogens with one attached hydrogen (secondary N) is 1. The Morgan fingerprint density at radius 1 is 1.26 bits per heavy atom. The van der Waals surface area contributed by atoms with Gasteiger partial charge < -0.3 is 24.3 Å². The zero-order chi connectivity index (χ0) is 25.3. The van der Waals surface area contributed by atoms with Gasteiger partial charge in [0.05, 0.1) is 12.6 Å². The predicted molar refractivity (Wildman–Crippen MR) is 119 cm³/mol. The smallest absolute Gasteiger partial charge is 0.464 e. The molecule has 2 aliphatic rings. The number of carbonyl (C=O) groups is 2. The van der Waals surface area contributed by atoms with E-state index in [2.05, 4.69) is 19.8 Å². The maximum atomic E-state index is 13.3. The Morgan fingerprint density at radius 3 is 2.69 bits per heavy atom. The van der Waals surface area contributed by atoms with E-state index in [-0.39, 0.29) is 24.0 Å². The lowest BCUT2D eigenvalue weighted by molar-refractivity contribution is -0.286. The minimum Gasteiger partial charge on any atom is -0.464 e. The molecule has 3 heterocycles. The van der Waals surface area contributed by atoms with Crippen molar-refractivity contribution >= 4 is 23.6 Å². The minimum absolute atomic E-state index is 0.0964. The molecule has 2 amide bonds. The molecule has 1 fully saturated rings. The van der Waals surface area contributed by atoms with E-state index >= 15 is 0 Å². The molecule has 1 saturated heterocycles. The van der Waals surface area contributed by atoms with Crippen LogP contribution in [0.5, 0.6) is 11.5 Å². The molecule has 9 nitrogen and oxygen atoms in total. The lowest BCUT2D eigenvalue weighted by Gasteiger charge is -2.52. The fraction of sp³-hybridized carbons (Fsp3) is 0.435. The second-order valence-corrected chi connectivity index (χ2v) is 8.52. The van der Waals surface area contributed by atoms with Crippen LogP contribution in [0.4, 0.5) is 13.6 Å². The van der Waals surface area contributed by atoms with Crippen molar-refractivity contribution in [3.05, 3.63) is 52.8 Å². The number of hydrogen-bond donors (Lipinski definition) is 1. The molecule has 2 aliphatic heterocycles. The molecular weight excluding hydrogens is 488 g/mol. The second-order valence-electron chi connectivity index (χ2n) is 8.13. The van der Waals surface area contributed by atoms with Crippen LogP contribution in [-0.4, -0.2) is 54.2 Å². The molecular formula is C23H24ClF2N3O6. The molecule has 35 heavy (non-hydrogen) atoms. The van der Waals surface area contributed by atoms with E-state index in [1.807, 2.05) is 0 Å². The Balaban J connectivity index is 1.50. The lowest BCUT2D eigenvalue weighted by Crippen LogP contribution is -2.71. The largest absolute Gasteiger partial charge is 0.586 e. The van der Waals surface area contributed by atoms with Gasteiger partial charge in [0.15, 0.2) is 11.5 Å². The van der Waals surface area contributed by atoms with Gasteiger partial charge in [-0.05, 0) is 55.7 Å². The zero-order valence-corrected chi connectivity index (χ0v) is 19.9. The number of fused-ring (bicyclic) bond motifs is 1. The number of halogens is 3. The molecule has 2 aromatic rings. The first-order chi connectivity index (χ1) is 16.6. The Morgan fingerprint density at radius 2 is 2.00 bits per heavy atom. The van der Waals surface area contributed by atoms with Crippen molar-refractivity contribution in [3.8, 4) is 11.5 Å². The number of aromatic nitrogens is 1. The maximum absolute atomic E-state index is 13.3. The Labute approximate surface area is 205 Å². The summed E-state index contributed by atoms with van der Waals surface area (Å²) in [6, 6.07) is 5.63. The molecule has 12 heteroatoms. The number of methoxy groups -OCH3 is 1. The van der Waals surface area contributed by atoms with Crippen LogP contribution in [0.1, 0.15) is 31.0 Å². The van der Waals surface area contributed by atoms with Crippen LogP contribution >= 0.6 is 11.6 Å². The summed E-state index contributed by atoms with van der Waals surface area (Å²) >= 11 is 5.99. The highest BCUT2D eigenvalue weighted by Gasteiger charge is 2.56. The lowest BCUT2D eigenvalue weighted by atomic mass is 9.81. The number of ether oxygens (including phenoxy) is 4. The molecule has 1 aromatic heterocycles. The fourth-order valence-corrected chi connectivity index (χ4v) is 4.50. The molecule has 0 radical (unpaired) electrons. The van der Waals surface area contributed by atoms with E-state index < -0.39 is 36.6 Å². The molecule has 0 spiro atoms. The van der Waals surface area contributed by atoms with Crippen LogP contribution in [0, 0.1) is 5.92 Å². The van der Waals surface area contributed by atoms with Crippen molar-refractivity contribution in [2.75, 3.05) is 13.7 Å². The zero-order valence-electron chi connectivity index (χ0n) is 19.2. The second kappa shape index (κ2) is 9.82. The average molecular weight is 512 g/mol. The van der Waals surface area contributed by atoms with Crippen LogP contribution in [0.15, 0.2) is 36.5 Å². The van der Waals surface area contributed by atoms with Gasteiger partial charge in [0, 0.05) is 19.2 Å². The average Bonchev–Trinajstić information content (AvgIpc) is 3.09. The topological polar surface area (TPSA) is 99.2 Å². The van der Waals surface area contributed by atoms with E-state index in [1.165, 1.54) is 30.2 Å².